The number of benzene rings is 1. The van der Waals surface area contributed by atoms with E-state index in [0.717, 1.165) is 5.56 Å². The molecule has 1 aromatic carbocycles. The first kappa shape index (κ1) is 14.5. The molecule has 0 unspecified atom stereocenters. The van der Waals surface area contributed by atoms with Gasteiger partial charge in [-0.1, -0.05) is 44.2 Å². The Bertz CT molecular complexity index is 710. The fraction of sp³-hybridized carbons (Fsp3) is 0.389. The lowest BCUT2D eigenvalue weighted by atomic mass is 9.67. The minimum atomic E-state index is -0.855. The first-order valence-electron chi connectivity index (χ1n) is 7.44. The van der Waals surface area contributed by atoms with Crippen molar-refractivity contribution in [3.63, 3.8) is 0 Å². The molecule has 22 heavy (non-hydrogen) atoms. The van der Waals surface area contributed by atoms with Gasteiger partial charge < -0.3 is 5.32 Å². The van der Waals surface area contributed by atoms with Crippen LogP contribution in [0.25, 0.3) is 0 Å². The number of nitriles is 1. The molecule has 112 valence electrons. The van der Waals surface area contributed by atoms with Crippen LogP contribution in [0.15, 0.2) is 41.6 Å². The Labute approximate surface area is 129 Å². The zero-order valence-electron chi connectivity index (χ0n) is 12.7. The monoisotopic (exact) mass is 294 g/mol. The molecular weight excluding hydrogens is 276 g/mol. The highest BCUT2D eigenvalue weighted by atomic mass is 16.2. The quantitative estimate of drug-likeness (QED) is 0.865. The topological polar surface area (TPSA) is 70.0 Å². The summed E-state index contributed by atoms with van der Waals surface area (Å²) >= 11 is 0. The number of nitrogens with one attached hydrogen (secondary N) is 1. The minimum Gasteiger partial charge on any atom is -0.328 e. The summed E-state index contributed by atoms with van der Waals surface area (Å²) in [4.78, 5) is 25.0. The summed E-state index contributed by atoms with van der Waals surface area (Å²) in [6.45, 7) is 4.05. The average Bonchev–Trinajstić information content (AvgIpc) is 2.45. The Kier molecular flexibility index (Phi) is 3.37. The summed E-state index contributed by atoms with van der Waals surface area (Å²) in [6.07, 6.45) is 1.10. The van der Waals surface area contributed by atoms with Crippen molar-refractivity contribution >= 4 is 11.7 Å². The number of carbonyl (C=O) groups is 2. The summed E-state index contributed by atoms with van der Waals surface area (Å²) < 4.78 is 0. The standard InChI is InChI=1S/C18H18N2O2/c1-18(2)8-13-16(14(21)9-18)15(11-6-4-3-5-7-11)12(10-19)17(22)20-13/h3-7,12,15H,8-9H2,1-2H3,(H,20,22)/t12-,15+/m1/s1. The number of allylic oxidation sites excluding steroid dienone is 2. The first-order valence-corrected chi connectivity index (χ1v) is 7.44. The lowest BCUT2D eigenvalue weighted by molar-refractivity contribution is -0.125. The predicted octanol–water partition coefficient (Wildman–Crippen LogP) is 2.68. The van der Waals surface area contributed by atoms with Crippen LogP contribution in [-0.2, 0) is 9.59 Å². The molecule has 0 fully saturated rings. The van der Waals surface area contributed by atoms with E-state index in [-0.39, 0.29) is 17.1 Å². The van der Waals surface area contributed by atoms with Gasteiger partial charge in [-0.05, 0) is 17.4 Å². The van der Waals surface area contributed by atoms with Crippen molar-refractivity contribution in [3.05, 3.63) is 47.2 Å². The molecule has 0 saturated carbocycles. The van der Waals surface area contributed by atoms with Crippen molar-refractivity contribution in [3.8, 4) is 6.07 Å². The van der Waals surface area contributed by atoms with Gasteiger partial charge in [-0.3, -0.25) is 9.59 Å². The number of hydrogen-bond donors (Lipinski definition) is 1. The molecule has 1 heterocycles. The third kappa shape index (κ3) is 2.33. The molecule has 1 aliphatic heterocycles. The second-order valence-corrected chi connectivity index (χ2v) is 6.82. The van der Waals surface area contributed by atoms with Crippen LogP contribution in [0.5, 0.6) is 0 Å². The maximum Gasteiger partial charge on any atom is 0.242 e. The molecule has 4 heteroatoms. The van der Waals surface area contributed by atoms with Gasteiger partial charge in [0.1, 0.15) is 5.92 Å². The van der Waals surface area contributed by atoms with E-state index in [2.05, 4.69) is 11.4 Å². The van der Waals surface area contributed by atoms with E-state index < -0.39 is 11.8 Å². The smallest absolute Gasteiger partial charge is 0.242 e. The number of Topliss-reactive ketones (excluding diaryl/α,β-unsaturated/α-hetero) is 1. The van der Waals surface area contributed by atoms with E-state index in [0.29, 0.717) is 24.1 Å². The van der Waals surface area contributed by atoms with Crippen molar-refractivity contribution in [2.45, 2.75) is 32.6 Å². The molecule has 1 N–H and O–H groups in total. The Morgan fingerprint density at radius 1 is 1.18 bits per heavy atom. The molecule has 0 aromatic heterocycles. The fourth-order valence-corrected chi connectivity index (χ4v) is 3.50. The molecule has 1 amide bonds. The van der Waals surface area contributed by atoms with Crippen LogP contribution >= 0.6 is 0 Å². The molecule has 0 saturated heterocycles. The number of rotatable bonds is 1. The fourth-order valence-electron chi connectivity index (χ4n) is 3.50. The number of amides is 1. The van der Waals surface area contributed by atoms with Gasteiger partial charge >= 0.3 is 0 Å². The van der Waals surface area contributed by atoms with Gasteiger partial charge in [0, 0.05) is 23.6 Å². The zero-order chi connectivity index (χ0) is 15.9. The van der Waals surface area contributed by atoms with Gasteiger partial charge in [-0.2, -0.15) is 5.26 Å². The molecule has 0 bridgehead atoms. The van der Waals surface area contributed by atoms with Crippen LogP contribution in [0, 0.1) is 22.7 Å². The Balaban J connectivity index is 2.17. The second kappa shape index (κ2) is 5.10. The summed E-state index contributed by atoms with van der Waals surface area (Å²) in [7, 11) is 0. The molecule has 3 rings (SSSR count). The lowest BCUT2D eigenvalue weighted by Gasteiger charge is -2.39. The maximum absolute atomic E-state index is 12.7. The number of hydrogen-bond acceptors (Lipinski definition) is 3. The molecule has 0 spiro atoms. The molecule has 0 radical (unpaired) electrons. The van der Waals surface area contributed by atoms with Gasteiger partial charge in [-0.15, -0.1) is 0 Å². The normalized spacial score (nSPS) is 27.0. The SMILES string of the molecule is CC1(C)CC(=O)C2=C(C1)NC(=O)[C@H](C#N)[C@@H]2c1ccccc1. The van der Waals surface area contributed by atoms with Gasteiger partial charge in [-0.25, -0.2) is 0 Å². The van der Waals surface area contributed by atoms with Crippen LogP contribution in [-0.4, -0.2) is 11.7 Å². The first-order chi connectivity index (χ1) is 10.4. The number of ketones is 1. The van der Waals surface area contributed by atoms with Crippen LogP contribution in [0.1, 0.15) is 38.2 Å². The van der Waals surface area contributed by atoms with E-state index in [4.69, 9.17) is 0 Å². The van der Waals surface area contributed by atoms with Crippen molar-refractivity contribution in [2.24, 2.45) is 11.3 Å². The Hall–Kier alpha value is -2.41. The Morgan fingerprint density at radius 2 is 1.86 bits per heavy atom. The van der Waals surface area contributed by atoms with Gasteiger partial charge in [0.05, 0.1) is 6.07 Å². The maximum atomic E-state index is 12.7. The molecule has 4 nitrogen and oxygen atoms in total. The van der Waals surface area contributed by atoms with Crippen LogP contribution in [0.3, 0.4) is 0 Å². The molecule has 2 atom stereocenters. The minimum absolute atomic E-state index is 0.0420. The van der Waals surface area contributed by atoms with Crippen LogP contribution in [0.2, 0.25) is 0 Å². The van der Waals surface area contributed by atoms with E-state index in [1.165, 1.54) is 0 Å². The molecule has 2 aliphatic rings. The van der Waals surface area contributed by atoms with Crippen LogP contribution in [0.4, 0.5) is 0 Å². The van der Waals surface area contributed by atoms with E-state index in [9.17, 15) is 14.9 Å². The van der Waals surface area contributed by atoms with E-state index in [1.54, 1.807) is 0 Å². The highest BCUT2D eigenvalue weighted by Crippen LogP contribution is 2.45. The van der Waals surface area contributed by atoms with E-state index >= 15 is 0 Å². The zero-order valence-corrected chi connectivity index (χ0v) is 12.7. The Morgan fingerprint density at radius 3 is 2.50 bits per heavy atom. The highest BCUT2D eigenvalue weighted by molar-refractivity contribution is 6.03. The third-order valence-corrected chi connectivity index (χ3v) is 4.42. The van der Waals surface area contributed by atoms with Gasteiger partial charge in [0.2, 0.25) is 5.91 Å². The summed E-state index contributed by atoms with van der Waals surface area (Å²) in [5.41, 5.74) is 2.01. The number of carbonyl (C=O) groups excluding carboxylic acids is 2. The molecule has 1 aliphatic carbocycles. The summed E-state index contributed by atoms with van der Waals surface area (Å²) in [6, 6.07) is 11.5. The van der Waals surface area contributed by atoms with Crippen molar-refractivity contribution < 1.29 is 9.59 Å². The van der Waals surface area contributed by atoms with Crippen molar-refractivity contribution in [1.29, 1.82) is 5.26 Å². The third-order valence-electron chi connectivity index (χ3n) is 4.42. The van der Waals surface area contributed by atoms with Gasteiger partial charge in [0.15, 0.2) is 5.78 Å². The van der Waals surface area contributed by atoms with Crippen molar-refractivity contribution in [2.75, 3.05) is 0 Å². The molecular formula is C18H18N2O2. The van der Waals surface area contributed by atoms with E-state index in [1.807, 2.05) is 44.2 Å². The largest absolute Gasteiger partial charge is 0.328 e. The summed E-state index contributed by atoms with van der Waals surface area (Å²) in [5.74, 6) is -1.58. The molecule has 1 aromatic rings. The summed E-state index contributed by atoms with van der Waals surface area (Å²) in [5, 5.41) is 12.2. The average molecular weight is 294 g/mol. The second-order valence-electron chi connectivity index (χ2n) is 6.82. The van der Waals surface area contributed by atoms with Crippen molar-refractivity contribution in [1.82, 2.24) is 5.32 Å². The number of nitrogens with zero attached hydrogens (tertiary/aromatic N) is 1. The van der Waals surface area contributed by atoms with Gasteiger partial charge in [0.25, 0.3) is 0 Å². The highest BCUT2D eigenvalue weighted by Gasteiger charge is 2.45. The lowest BCUT2D eigenvalue weighted by Crippen LogP contribution is -2.45. The predicted molar refractivity (Wildman–Crippen MR) is 81.5 cm³/mol. The van der Waals surface area contributed by atoms with Crippen LogP contribution < -0.4 is 5.32 Å².